The maximum absolute atomic E-state index is 12.1. The van der Waals surface area contributed by atoms with Gasteiger partial charge in [-0.15, -0.1) is 0 Å². The Hall–Kier alpha value is -1.43. The molecule has 0 saturated carbocycles. The first kappa shape index (κ1) is 10.6. The van der Waals surface area contributed by atoms with Crippen LogP contribution in [-0.4, -0.2) is 11.3 Å². The van der Waals surface area contributed by atoms with Crippen LogP contribution in [0.4, 0.5) is 18.9 Å². The molecule has 0 radical (unpaired) electrons. The molecule has 0 aromatic heterocycles. The minimum absolute atomic E-state index is 0.123. The van der Waals surface area contributed by atoms with Crippen LogP contribution in [0.15, 0.2) is 18.2 Å². The molecule has 3 nitrogen and oxygen atoms in total. The Kier molecular flexibility index (Phi) is 2.57. The zero-order chi connectivity index (χ0) is 10.9. The maximum Gasteiger partial charge on any atom is 0.407 e. The number of hydrogen-bond donors (Lipinski definition) is 3. The van der Waals surface area contributed by atoms with Crippen LogP contribution in [0.3, 0.4) is 0 Å². The summed E-state index contributed by atoms with van der Waals surface area (Å²) in [7, 11) is 0. The molecule has 0 aliphatic carbocycles. The summed E-state index contributed by atoms with van der Waals surface area (Å²) in [6, 6.07) is 1.10. The van der Waals surface area contributed by atoms with Gasteiger partial charge < -0.3 is 16.6 Å². The van der Waals surface area contributed by atoms with Gasteiger partial charge in [0.2, 0.25) is 0 Å². The number of hydrogen-bond acceptors (Lipinski definition) is 3. The largest absolute Gasteiger partial charge is 0.506 e. The van der Waals surface area contributed by atoms with Crippen molar-refractivity contribution in [3.63, 3.8) is 0 Å². The van der Waals surface area contributed by atoms with Gasteiger partial charge in [-0.05, 0) is 17.7 Å². The highest BCUT2D eigenvalue weighted by molar-refractivity contribution is 5.53. The van der Waals surface area contributed by atoms with Crippen LogP contribution >= 0.6 is 0 Å². The van der Waals surface area contributed by atoms with Gasteiger partial charge in [0, 0.05) is 0 Å². The second-order valence-electron chi connectivity index (χ2n) is 2.84. The Balaban J connectivity index is 3.03. The molecule has 0 aliphatic rings. The summed E-state index contributed by atoms with van der Waals surface area (Å²) in [5.74, 6) is -0.261. The lowest BCUT2D eigenvalue weighted by atomic mass is 10.1. The summed E-state index contributed by atoms with van der Waals surface area (Å²) < 4.78 is 36.4. The summed E-state index contributed by atoms with van der Waals surface area (Å²) in [4.78, 5) is 0. The SMILES string of the molecule is Nc1cc([C@@H](N)C(F)(F)F)ccc1O. The number of rotatable bonds is 1. The van der Waals surface area contributed by atoms with Crippen molar-refractivity contribution in [2.75, 3.05) is 5.73 Å². The molecular weight excluding hydrogens is 197 g/mol. The highest BCUT2D eigenvalue weighted by Gasteiger charge is 2.37. The average Bonchev–Trinajstić information content (AvgIpc) is 2.07. The van der Waals surface area contributed by atoms with Gasteiger partial charge >= 0.3 is 6.18 Å². The van der Waals surface area contributed by atoms with Crippen LogP contribution in [-0.2, 0) is 0 Å². The molecule has 0 bridgehead atoms. The summed E-state index contributed by atoms with van der Waals surface area (Å²) in [6.45, 7) is 0. The van der Waals surface area contributed by atoms with Crippen LogP contribution < -0.4 is 11.5 Å². The van der Waals surface area contributed by atoms with Crippen LogP contribution in [0.5, 0.6) is 5.75 Å². The molecule has 0 saturated heterocycles. The number of nitrogens with two attached hydrogens (primary N) is 2. The first-order chi connectivity index (χ1) is 6.32. The lowest BCUT2D eigenvalue weighted by Gasteiger charge is -2.16. The van der Waals surface area contributed by atoms with E-state index in [0.29, 0.717) is 0 Å². The van der Waals surface area contributed by atoms with Crippen LogP contribution in [0.2, 0.25) is 0 Å². The van der Waals surface area contributed by atoms with E-state index in [0.717, 1.165) is 18.2 Å². The molecule has 1 aromatic carbocycles. The lowest BCUT2D eigenvalue weighted by molar-refractivity contribution is -0.149. The van der Waals surface area contributed by atoms with E-state index < -0.39 is 12.2 Å². The van der Waals surface area contributed by atoms with Crippen molar-refractivity contribution in [2.45, 2.75) is 12.2 Å². The van der Waals surface area contributed by atoms with Gasteiger partial charge in [-0.3, -0.25) is 0 Å². The summed E-state index contributed by atoms with van der Waals surface area (Å²) in [5.41, 5.74) is 9.86. The third-order valence-electron chi connectivity index (χ3n) is 1.76. The highest BCUT2D eigenvalue weighted by atomic mass is 19.4. The van der Waals surface area contributed by atoms with Crippen molar-refractivity contribution in [1.29, 1.82) is 0 Å². The predicted molar refractivity (Wildman–Crippen MR) is 45.5 cm³/mol. The van der Waals surface area contributed by atoms with Crippen LogP contribution in [0, 0.1) is 0 Å². The monoisotopic (exact) mass is 206 g/mol. The fraction of sp³-hybridized carbons (Fsp3) is 0.250. The number of aromatic hydroxyl groups is 1. The molecule has 78 valence electrons. The van der Waals surface area contributed by atoms with Gasteiger partial charge in [0.25, 0.3) is 0 Å². The Labute approximate surface area is 78.1 Å². The third kappa shape index (κ3) is 2.08. The van der Waals surface area contributed by atoms with Crippen molar-refractivity contribution in [3.05, 3.63) is 23.8 Å². The Morgan fingerprint density at radius 2 is 1.86 bits per heavy atom. The number of phenolic OH excluding ortho intramolecular Hbond substituents is 1. The number of halogens is 3. The second kappa shape index (κ2) is 3.38. The zero-order valence-corrected chi connectivity index (χ0v) is 7.05. The van der Waals surface area contributed by atoms with E-state index in [9.17, 15) is 13.2 Å². The first-order valence-electron chi connectivity index (χ1n) is 3.73. The molecule has 0 fully saturated rings. The third-order valence-corrected chi connectivity index (χ3v) is 1.76. The van der Waals surface area contributed by atoms with E-state index in [-0.39, 0.29) is 17.0 Å². The number of nitrogen functional groups attached to an aromatic ring is 1. The van der Waals surface area contributed by atoms with Crippen molar-refractivity contribution in [1.82, 2.24) is 0 Å². The molecule has 14 heavy (non-hydrogen) atoms. The topological polar surface area (TPSA) is 72.3 Å². The molecular formula is C8H9F3N2O. The standard InChI is InChI=1S/C8H9F3N2O/c9-8(10,11)7(13)4-1-2-6(14)5(12)3-4/h1-3,7,14H,12-13H2/t7-/m1/s1. The molecule has 1 aromatic rings. The molecule has 6 heteroatoms. The molecule has 0 aliphatic heterocycles. The van der Waals surface area contributed by atoms with Gasteiger partial charge in [0.1, 0.15) is 11.8 Å². The molecule has 0 heterocycles. The van der Waals surface area contributed by atoms with Gasteiger partial charge in [0.15, 0.2) is 0 Å². The van der Waals surface area contributed by atoms with E-state index in [2.05, 4.69) is 0 Å². The molecule has 1 atom stereocenters. The lowest BCUT2D eigenvalue weighted by Crippen LogP contribution is -2.28. The normalized spacial score (nSPS) is 14.0. The zero-order valence-electron chi connectivity index (χ0n) is 7.05. The molecule has 0 unspecified atom stereocenters. The number of benzene rings is 1. The molecule has 0 spiro atoms. The van der Waals surface area contributed by atoms with Gasteiger partial charge in [0.05, 0.1) is 5.69 Å². The van der Waals surface area contributed by atoms with E-state index in [1.54, 1.807) is 0 Å². The minimum atomic E-state index is -4.51. The molecule has 0 amide bonds. The van der Waals surface area contributed by atoms with E-state index in [1.807, 2.05) is 0 Å². The van der Waals surface area contributed by atoms with Gasteiger partial charge in [-0.1, -0.05) is 6.07 Å². The summed E-state index contributed by atoms with van der Waals surface area (Å²) in [6.07, 6.45) is -4.51. The van der Waals surface area contributed by atoms with Crippen LogP contribution in [0.1, 0.15) is 11.6 Å². The second-order valence-corrected chi connectivity index (χ2v) is 2.84. The Morgan fingerprint density at radius 3 is 2.29 bits per heavy atom. The van der Waals surface area contributed by atoms with E-state index >= 15 is 0 Å². The van der Waals surface area contributed by atoms with Crippen LogP contribution in [0.25, 0.3) is 0 Å². The Morgan fingerprint density at radius 1 is 1.29 bits per heavy atom. The summed E-state index contributed by atoms with van der Waals surface area (Å²) in [5, 5.41) is 8.98. The Bertz CT molecular complexity index is 338. The van der Waals surface area contributed by atoms with E-state index in [1.165, 1.54) is 0 Å². The smallest absolute Gasteiger partial charge is 0.407 e. The van der Waals surface area contributed by atoms with Crippen molar-refractivity contribution in [2.24, 2.45) is 5.73 Å². The number of anilines is 1. The fourth-order valence-electron chi connectivity index (χ4n) is 0.955. The fourth-order valence-corrected chi connectivity index (χ4v) is 0.955. The van der Waals surface area contributed by atoms with Gasteiger partial charge in [-0.2, -0.15) is 13.2 Å². The minimum Gasteiger partial charge on any atom is -0.506 e. The van der Waals surface area contributed by atoms with Crippen molar-refractivity contribution < 1.29 is 18.3 Å². The first-order valence-corrected chi connectivity index (χ1v) is 3.73. The van der Waals surface area contributed by atoms with E-state index in [4.69, 9.17) is 16.6 Å². The molecule has 5 N–H and O–H groups in total. The van der Waals surface area contributed by atoms with Crippen molar-refractivity contribution >= 4 is 5.69 Å². The number of alkyl halides is 3. The predicted octanol–water partition coefficient (Wildman–Crippen LogP) is 1.54. The average molecular weight is 206 g/mol. The number of phenols is 1. The highest BCUT2D eigenvalue weighted by Crippen LogP contribution is 2.32. The maximum atomic E-state index is 12.1. The molecule has 1 rings (SSSR count). The van der Waals surface area contributed by atoms with Gasteiger partial charge in [-0.25, -0.2) is 0 Å². The summed E-state index contributed by atoms with van der Waals surface area (Å²) >= 11 is 0. The quantitative estimate of drug-likeness (QED) is 0.482. The van der Waals surface area contributed by atoms with Crippen molar-refractivity contribution in [3.8, 4) is 5.75 Å².